The van der Waals surface area contributed by atoms with Gasteiger partial charge in [-0.05, 0) is 66.3 Å². The van der Waals surface area contributed by atoms with Gasteiger partial charge in [0.1, 0.15) is 11.8 Å². The van der Waals surface area contributed by atoms with E-state index in [-0.39, 0.29) is 24.3 Å². The van der Waals surface area contributed by atoms with Crippen molar-refractivity contribution in [2.75, 3.05) is 27.9 Å². The average molecular weight is 584 g/mol. The number of amides is 2. The third-order valence-electron chi connectivity index (χ3n) is 8.37. The second-order valence-corrected chi connectivity index (χ2v) is 11.1. The first kappa shape index (κ1) is 30.0. The highest BCUT2D eigenvalue weighted by atomic mass is 16.5. The van der Waals surface area contributed by atoms with Crippen LogP contribution < -0.4 is 19.5 Å². The average Bonchev–Trinajstić information content (AvgIpc) is 3.45. The van der Waals surface area contributed by atoms with Crippen molar-refractivity contribution in [1.82, 2.24) is 15.2 Å². The minimum atomic E-state index is -0.800. The number of methoxy groups -OCH3 is 3. The molecule has 0 bridgehead atoms. The Hall–Kier alpha value is -4.46. The lowest BCUT2D eigenvalue weighted by molar-refractivity contribution is -0.140. The van der Waals surface area contributed by atoms with E-state index >= 15 is 0 Å². The summed E-state index contributed by atoms with van der Waals surface area (Å²) >= 11 is 0. The van der Waals surface area contributed by atoms with Crippen LogP contribution in [-0.2, 0) is 22.4 Å². The zero-order chi connectivity index (χ0) is 30.2. The molecule has 3 aromatic carbocycles. The van der Waals surface area contributed by atoms with Crippen molar-refractivity contribution >= 4 is 22.7 Å². The van der Waals surface area contributed by atoms with Crippen molar-refractivity contribution < 1.29 is 23.8 Å². The van der Waals surface area contributed by atoms with Gasteiger partial charge in [0.2, 0.25) is 11.8 Å². The normalized spacial score (nSPS) is 14.2. The minimum Gasteiger partial charge on any atom is -0.497 e. The topological polar surface area (TPSA) is 92.9 Å². The summed E-state index contributed by atoms with van der Waals surface area (Å²) < 4.78 is 16.3. The summed E-state index contributed by atoms with van der Waals surface area (Å²) in [6, 6.07) is 20.5. The van der Waals surface area contributed by atoms with Crippen LogP contribution >= 0.6 is 0 Å². The fraction of sp³-hybridized carbons (Fsp3) is 0.371. The van der Waals surface area contributed by atoms with Crippen molar-refractivity contribution in [3.8, 4) is 17.2 Å². The van der Waals surface area contributed by atoms with Crippen molar-refractivity contribution in [3.63, 3.8) is 0 Å². The fourth-order valence-electron chi connectivity index (χ4n) is 6.01. The number of fused-ring (bicyclic) bond motifs is 1. The van der Waals surface area contributed by atoms with E-state index in [1.165, 1.54) is 6.42 Å². The first-order valence-corrected chi connectivity index (χ1v) is 15.0. The van der Waals surface area contributed by atoms with E-state index in [9.17, 15) is 9.59 Å². The standard InChI is InChI=1S/C35H41N3O5/c1-41-28-16-14-25(15-17-28)34(35(40)37-27-9-5-4-6-10-27)38(20-19-24-13-18-31(42-2)32(21-24)43-3)33(39)22-26-23-36-30-12-8-7-11-29(26)30/h7-8,11-18,21,23,27,34,36H,4-6,9-10,19-20,22H2,1-3H3,(H,37,40). The van der Waals surface area contributed by atoms with E-state index in [1.54, 1.807) is 26.2 Å². The molecule has 5 rings (SSSR count). The predicted octanol–water partition coefficient (Wildman–Crippen LogP) is 6.00. The summed E-state index contributed by atoms with van der Waals surface area (Å²) in [6.07, 6.45) is 7.88. The third kappa shape index (κ3) is 7.13. The number of benzene rings is 3. The molecule has 8 nitrogen and oxygen atoms in total. The highest BCUT2D eigenvalue weighted by Gasteiger charge is 2.33. The number of aromatic amines is 1. The van der Waals surface area contributed by atoms with Crippen molar-refractivity contribution in [2.45, 2.75) is 57.0 Å². The molecule has 1 fully saturated rings. The van der Waals surface area contributed by atoms with Gasteiger partial charge in [-0.1, -0.05) is 55.7 Å². The molecule has 1 saturated carbocycles. The molecule has 1 aromatic heterocycles. The maximum absolute atomic E-state index is 14.3. The van der Waals surface area contributed by atoms with E-state index in [1.807, 2.05) is 72.9 Å². The van der Waals surface area contributed by atoms with Crippen molar-refractivity contribution in [1.29, 1.82) is 0 Å². The molecule has 1 aliphatic carbocycles. The molecule has 43 heavy (non-hydrogen) atoms. The number of H-pyrrole nitrogens is 1. The lowest BCUT2D eigenvalue weighted by Gasteiger charge is -2.33. The summed E-state index contributed by atoms with van der Waals surface area (Å²) in [4.78, 5) is 33.4. The molecule has 4 aromatic rings. The molecule has 1 atom stereocenters. The van der Waals surface area contributed by atoms with Gasteiger partial charge in [0.05, 0.1) is 27.8 Å². The summed E-state index contributed by atoms with van der Waals surface area (Å²) in [7, 11) is 4.82. The van der Waals surface area contributed by atoms with E-state index in [4.69, 9.17) is 14.2 Å². The Balaban J connectivity index is 1.49. The Kier molecular flexibility index (Phi) is 9.87. The number of nitrogens with zero attached hydrogens (tertiary/aromatic N) is 1. The predicted molar refractivity (Wildman–Crippen MR) is 168 cm³/mol. The van der Waals surface area contributed by atoms with Gasteiger partial charge in [0.15, 0.2) is 11.5 Å². The number of carbonyl (C=O) groups excluding carboxylic acids is 2. The van der Waals surface area contributed by atoms with Crippen molar-refractivity contribution in [3.05, 3.63) is 89.6 Å². The minimum absolute atomic E-state index is 0.110. The molecular formula is C35H41N3O5. The number of ether oxygens (including phenoxy) is 3. The van der Waals surface area contributed by atoms with Gasteiger partial charge in [-0.3, -0.25) is 9.59 Å². The van der Waals surface area contributed by atoms with Crippen LogP contribution in [0, 0.1) is 0 Å². The number of aromatic nitrogens is 1. The molecule has 1 heterocycles. The number of rotatable bonds is 12. The van der Waals surface area contributed by atoms with Crippen molar-refractivity contribution in [2.24, 2.45) is 0 Å². The van der Waals surface area contributed by atoms with Gasteiger partial charge < -0.3 is 29.4 Å². The summed E-state index contributed by atoms with van der Waals surface area (Å²) in [5.41, 5.74) is 3.60. The number of nitrogens with one attached hydrogen (secondary N) is 2. The van der Waals surface area contributed by atoms with Crippen LogP contribution in [0.25, 0.3) is 10.9 Å². The Morgan fingerprint density at radius 1 is 0.907 bits per heavy atom. The van der Waals surface area contributed by atoms with Gasteiger partial charge in [0, 0.05) is 29.7 Å². The van der Waals surface area contributed by atoms with Crippen LogP contribution in [0.5, 0.6) is 17.2 Å². The highest BCUT2D eigenvalue weighted by molar-refractivity contribution is 5.92. The number of carbonyl (C=O) groups is 2. The zero-order valence-corrected chi connectivity index (χ0v) is 25.2. The maximum atomic E-state index is 14.3. The summed E-state index contributed by atoms with van der Waals surface area (Å²) in [5, 5.41) is 4.30. The van der Waals surface area contributed by atoms with Crippen LogP contribution in [0.3, 0.4) is 0 Å². The highest BCUT2D eigenvalue weighted by Crippen LogP contribution is 2.30. The van der Waals surface area contributed by atoms with Gasteiger partial charge in [-0.25, -0.2) is 0 Å². The first-order valence-electron chi connectivity index (χ1n) is 15.0. The molecule has 0 aliphatic heterocycles. The molecule has 226 valence electrons. The molecule has 0 spiro atoms. The van der Waals surface area contributed by atoms with E-state index in [0.29, 0.717) is 30.2 Å². The number of hydrogen-bond donors (Lipinski definition) is 2. The molecule has 1 unspecified atom stereocenters. The van der Waals surface area contributed by atoms with E-state index < -0.39 is 6.04 Å². The lowest BCUT2D eigenvalue weighted by Crippen LogP contribution is -2.48. The molecule has 0 saturated heterocycles. The molecule has 2 N–H and O–H groups in total. The van der Waals surface area contributed by atoms with Crippen LogP contribution in [-0.4, -0.2) is 55.6 Å². The second kappa shape index (κ2) is 14.1. The Bertz CT molecular complexity index is 1520. The molecular weight excluding hydrogens is 542 g/mol. The third-order valence-corrected chi connectivity index (χ3v) is 8.37. The Morgan fingerprint density at radius 2 is 1.65 bits per heavy atom. The Morgan fingerprint density at radius 3 is 2.37 bits per heavy atom. The Labute approximate surface area is 253 Å². The first-order chi connectivity index (χ1) is 21.0. The summed E-state index contributed by atoms with van der Waals surface area (Å²) in [6.45, 7) is 0.339. The smallest absolute Gasteiger partial charge is 0.247 e. The molecule has 0 radical (unpaired) electrons. The maximum Gasteiger partial charge on any atom is 0.247 e. The van der Waals surface area contributed by atoms with Crippen LogP contribution in [0.15, 0.2) is 72.9 Å². The van der Waals surface area contributed by atoms with Gasteiger partial charge in [0.25, 0.3) is 0 Å². The van der Waals surface area contributed by atoms with E-state index in [2.05, 4.69) is 10.3 Å². The second-order valence-electron chi connectivity index (χ2n) is 11.1. The van der Waals surface area contributed by atoms with Gasteiger partial charge in [-0.2, -0.15) is 0 Å². The zero-order valence-electron chi connectivity index (χ0n) is 25.2. The molecule has 8 heteroatoms. The van der Waals surface area contributed by atoms with Gasteiger partial charge in [-0.15, -0.1) is 0 Å². The quantitative estimate of drug-likeness (QED) is 0.214. The van der Waals surface area contributed by atoms with Crippen LogP contribution in [0.1, 0.15) is 54.8 Å². The van der Waals surface area contributed by atoms with E-state index in [0.717, 1.165) is 53.3 Å². The number of hydrogen-bond acceptors (Lipinski definition) is 5. The monoisotopic (exact) mass is 583 g/mol. The molecule has 2 amide bonds. The largest absolute Gasteiger partial charge is 0.497 e. The molecule has 1 aliphatic rings. The lowest BCUT2D eigenvalue weighted by atomic mass is 9.94. The van der Waals surface area contributed by atoms with Gasteiger partial charge >= 0.3 is 0 Å². The summed E-state index contributed by atoms with van der Waals surface area (Å²) in [5.74, 6) is 1.68. The fourth-order valence-corrected chi connectivity index (χ4v) is 6.01. The van der Waals surface area contributed by atoms with Crippen LogP contribution in [0.2, 0.25) is 0 Å². The SMILES string of the molecule is COc1ccc(C(C(=O)NC2CCCCC2)N(CCc2ccc(OC)c(OC)c2)C(=O)Cc2c[nH]c3ccccc23)cc1. The number of para-hydroxylation sites is 1. The van der Waals surface area contributed by atoms with Crippen LogP contribution in [0.4, 0.5) is 0 Å².